The molecule has 0 saturated heterocycles. The number of anilines is 1. The Morgan fingerprint density at radius 2 is 1.71 bits per heavy atom. The number of carbonyl (C=O) groups excluding carboxylic acids is 1. The van der Waals surface area contributed by atoms with Crippen LogP contribution < -0.4 is 10.1 Å². The molecule has 4 heteroatoms. The van der Waals surface area contributed by atoms with Gasteiger partial charge in [0.25, 0.3) is 5.91 Å². The molecule has 0 aliphatic heterocycles. The van der Waals surface area contributed by atoms with E-state index < -0.39 is 0 Å². The lowest BCUT2D eigenvalue weighted by Crippen LogP contribution is -2.21. The van der Waals surface area contributed by atoms with Crippen LogP contribution in [0.2, 0.25) is 5.02 Å². The van der Waals surface area contributed by atoms with Gasteiger partial charge in [-0.25, -0.2) is 0 Å². The van der Waals surface area contributed by atoms with Crippen molar-refractivity contribution < 1.29 is 9.53 Å². The van der Waals surface area contributed by atoms with Gasteiger partial charge in [-0.15, -0.1) is 0 Å². The van der Waals surface area contributed by atoms with E-state index in [0.717, 1.165) is 28.8 Å². The molecule has 1 amide bonds. The normalized spacial score (nSPS) is 11.7. The fourth-order valence-corrected chi connectivity index (χ4v) is 3.25. The Labute approximate surface area is 171 Å². The zero-order chi connectivity index (χ0) is 19.9. The van der Waals surface area contributed by atoms with Gasteiger partial charge in [0.1, 0.15) is 5.75 Å². The van der Waals surface area contributed by atoms with Crippen molar-refractivity contribution in [2.75, 3.05) is 11.9 Å². The van der Waals surface area contributed by atoms with Gasteiger partial charge in [-0.05, 0) is 47.2 Å². The maximum atomic E-state index is 12.4. The Kier molecular flexibility index (Phi) is 6.72. The van der Waals surface area contributed by atoms with Crippen LogP contribution in [0.25, 0.3) is 11.1 Å². The summed E-state index contributed by atoms with van der Waals surface area (Å²) in [5.74, 6) is 0.656. The first-order valence-electron chi connectivity index (χ1n) is 9.45. The summed E-state index contributed by atoms with van der Waals surface area (Å²) < 4.78 is 5.64. The number of hydrogen-bond donors (Lipinski definition) is 1. The first-order valence-corrected chi connectivity index (χ1v) is 9.82. The van der Waals surface area contributed by atoms with Gasteiger partial charge in [-0.3, -0.25) is 4.79 Å². The molecule has 3 aromatic carbocycles. The predicted octanol–water partition coefficient (Wildman–Crippen LogP) is 6.54. The van der Waals surface area contributed by atoms with Crippen LogP contribution in [0.1, 0.15) is 31.7 Å². The number of para-hydroxylation sites is 1. The average molecular weight is 394 g/mol. The zero-order valence-electron chi connectivity index (χ0n) is 16.1. The summed E-state index contributed by atoms with van der Waals surface area (Å²) in [5.41, 5.74) is 4.04. The monoisotopic (exact) mass is 393 g/mol. The van der Waals surface area contributed by atoms with Gasteiger partial charge >= 0.3 is 0 Å². The van der Waals surface area contributed by atoms with Crippen LogP contribution >= 0.6 is 11.6 Å². The largest absolute Gasteiger partial charge is 0.482 e. The smallest absolute Gasteiger partial charge is 0.262 e. The molecule has 144 valence electrons. The van der Waals surface area contributed by atoms with Crippen molar-refractivity contribution in [3.63, 3.8) is 0 Å². The summed E-state index contributed by atoms with van der Waals surface area (Å²) >= 11 is 6.35. The topological polar surface area (TPSA) is 38.3 Å². The minimum Gasteiger partial charge on any atom is -0.482 e. The SMILES string of the molecule is CC[C@H](C)c1ccccc1NC(=O)COc1ccc(-c2ccccc2)cc1Cl. The van der Waals surface area contributed by atoms with E-state index in [1.165, 1.54) is 0 Å². The minimum atomic E-state index is -0.209. The number of halogens is 1. The molecule has 0 fully saturated rings. The molecule has 1 atom stereocenters. The van der Waals surface area contributed by atoms with Crippen molar-refractivity contribution in [1.29, 1.82) is 0 Å². The van der Waals surface area contributed by atoms with Crippen molar-refractivity contribution in [3.05, 3.63) is 83.4 Å². The standard InChI is InChI=1S/C24H24ClNO2/c1-3-17(2)20-11-7-8-12-22(20)26-24(27)16-28-23-14-13-19(15-21(23)25)18-9-5-4-6-10-18/h4-15,17H,3,16H2,1-2H3,(H,26,27)/t17-/m0/s1. The first kappa shape index (κ1) is 20.0. The van der Waals surface area contributed by atoms with Crippen LogP contribution in [-0.4, -0.2) is 12.5 Å². The molecule has 3 nitrogen and oxygen atoms in total. The zero-order valence-corrected chi connectivity index (χ0v) is 16.9. The summed E-state index contributed by atoms with van der Waals surface area (Å²) in [6.45, 7) is 4.18. The summed E-state index contributed by atoms with van der Waals surface area (Å²) in [5, 5.41) is 3.43. The summed E-state index contributed by atoms with van der Waals surface area (Å²) in [7, 11) is 0. The Balaban J connectivity index is 1.64. The van der Waals surface area contributed by atoms with Gasteiger partial charge in [-0.1, -0.05) is 80.0 Å². The van der Waals surface area contributed by atoms with Crippen molar-refractivity contribution in [3.8, 4) is 16.9 Å². The number of benzene rings is 3. The molecule has 0 radical (unpaired) electrons. The molecule has 28 heavy (non-hydrogen) atoms. The van der Waals surface area contributed by atoms with E-state index >= 15 is 0 Å². The van der Waals surface area contributed by atoms with E-state index in [-0.39, 0.29) is 12.5 Å². The lowest BCUT2D eigenvalue weighted by molar-refractivity contribution is -0.118. The first-order chi connectivity index (χ1) is 13.6. The third kappa shape index (κ3) is 4.93. The van der Waals surface area contributed by atoms with Gasteiger partial charge in [0, 0.05) is 5.69 Å². The predicted molar refractivity (Wildman–Crippen MR) is 116 cm³/mol. The second-order valence-electron chi connectivity index (χ2n) is 6.74. The van der Waals surface area contributed by atoms with Gasteiger partial charge in [-0.2, -0.15) is 0 Å². The van der Waals surface area contributed by atoms with E-state index in [0.29, 0.717) is 16.7 Å². The van der Waals surface area contributed by atoms with Gasteiger partial charge < -0.3 is 10.1 Å². The second-order valence-corrected chi connectivity index (χ2v) is 7.15. The fraction of sp³-hybridized carbons (Fsp3) is 0.208. The minimum absolute atomic E-state index is 0.0980. The highest BCUT2D eigenvalue weighted by Crippen LogP contribution is 2.30. The molecule has 0 spiro atoms. The quantitative estimate of drug-likeness (QED) is 0.495. The van der Waals surface area contributed by atoms with Gasteiger partial charge in [0.2, 0.25) is 0 Å². The maximum Gasteiger partial charge on any atom is 0.262 e. The Hall–Kier alpha value is -2.78. The summed E-state index contributed by atoms with van der Waals surface area (Å²) in [6, 6.07) is 23.4. The number of hydrogen-bond acceptors (Lipinski definition) is 2. The Morgan fingerprint density at radius 1 is 1.00 bits per heavy atom. The fourth-order valence-electron chi connectivity index (χ4n) is 3.02. The number of rotatable bonds is 7. The number of amides is 1. The summed E-state index contributed by atoms with van der Waals surface area (Å²) in [4.78, 5) is 12.4. The third-order valence-electron chi connectivity index (χ3n) is 4.78. The highest BCUT2D eigenvalue weighted by atomic mass is 35.5. The van der Waals surface area contributed by atoms with Crippen molar-refractivity contribution in [2.24, 2.45) is 0 Å². The maximum absolute atomic E-state index is 12.4. The van der Waals surface area contributed by atoms with E-state index in [1.807, 2.05) is 66.7 Å². The second kappa shape index (κ2) is 9.43. The molecule has 0 unspecified atom stereocenters. The molecule has 0 saturated carbocycles. The van der Waals surface area contributed by atoms with Crippen LogP contribution in [-0.2, 0) is 4.79 Å². The van der Waals surface area contributed by atoms with Crippen molar-refractivity contribution in [1.82, 2.24) is 0 Å². The molecular weight excluding hydrogens is 370 g/mol. The number of nitrogens with one attached hydrogen (secondary N) is 1. The number of ether oxygens (including phenoxy) is 1. The van der Waals surface area contributed by atoms with E-state index in [2.05, 4.69) is 19.2 Å². The highest BCUT2D eigenvalue weighted by molar-refractivity contribution is 6.32. The number of carbonyl (C=O) groups is 1. The van der Waals surface area contributed by atoms with Crippen LogP contribution in [0.15, 0.2) is 72.8 Å². The molecule has 0 aromatic heterocycles. The van der Waals surface area contributed by atoms with Crippen LogP contribution in [0.3, 0.4) is 0 Å². The Bertz CT molecular complexity index is 940. The van der Waals surface area contributed by atoms with E-state index in [4.69, 9.17) is 16.3 Å². The molecule has 0 aliphatic carbocycles. The lowest BCUT2D eigenvalue weighted by Gasteiger charge is -2.16. The van der Waals surface area contributed by atoms with Crippen LogP contribution in [0.4, 0.5) is 5.69 Å². The third-order valence-corrected chi connectivity index (χ3v) is 5.07. The average Bonchev–Trinajstić information content (AvgIpc) is 2.73. The molecule has 0 bridgehead atoms. The molecule has 0 heterocycles. The van der Waals surface area contributed by atoms with Gasteiger partial charge in [0.15, 0.2) is 6.61 Å². The van der Waals surface area contributed by atoms with Crippen molar-refractivity contribution >= 4 is 23.2 Å². The van der Waals surface area contributed by atoms with Gasteiger partial charge in [0.05, 0.1) is 5.02 Å². The molecule has 3 aromatic rings. The lowest BCUT2D eigenvalue weighted by atomic mass is 9.97. The van der Waals surface area contributed by atoms with Crippen LogP contribution in [0.5, 0.6) is 5.75 Å². The van der Waals surface area contributed by atoms with Crippen molar-refractivity contribution in [2.45, 2.75) is 26.2 Å². The van der Waals surface area contributed by atoms with E-state index in [9.17, 15) is 4.79 Å². The molecule has 0 aliphatic rings. The molecule has 1 N–H and O–H groups in total. The van der Waals surface area contributed by atoms with Crippen LogP contribution in [0, 0.1) is 0 Å². The molecular formula is C24H24ClNO2. The molecule has 3 rings (SSSR count). The Morgan fingerprint density at radius 3 is 2.43 bits per heavy atom. The summed E-state index contributed by atoms with van der Waals surface area (Å²) in [6.07, 6.45) is 1.01. The van der Waals surface area contributed by atoms with E-state index in [1.54, 1.807) is 6.07 Å². The highest BCUT2D eigenvalue weighted by Gasteiger charge is 2.12.